The lowest BCUT2D eigenvalue weighted by Gasteiger charge is -2.23. The molecule has 3 rings (SSSR count). The molecule has 0 radical (unpaired) electrons. The lowest BCUT2D eigenvalue weighted by Crippen LogP contribution is -2.33. The summed E-state index contributed by atoms with van der Waals surface area (Å²) in [6.45, 7) is 2.45. The standard InChI is InChI=1S/C14H15N5O2S/c1-10-4-5-11(8-15)7-13(10)22(20,21)18-12-3-2-6-19-14(12)16-9-17-19/h4-5,7,9,12,18H,2-3,6H2,1H3/t12-/m1/s1. The van der Waals surface area contributed by atoms with Crippen LogP contribution in [0.4, 0.5) is 0 Å². The summed E-state index contributed by atoms with van der Waals surface area (Å²) in [5.74, 6) is 0.629. The van der Waals surface area contributed by atoms with Gasteiger partial charge in [-0.2, -0.15) is 10.4 Å². The summed E-state index contributed by atoms with van der Waals surface area (Å²) < 4.78 is 29.7. The maximum Gasteiger partial charge on any atom is 0.241 e. The molecule has 0 fully saturated rings. The number of nitrogens with one attached hydrogen (secondary N) is 1. The third-order valence-electron chi connectivity index (χ3n) is 3.72. The van der Waals surface area contributed by atoms with Crippen molar-refractivity contribution in [1.82, 2.24) is 19.5 Å². The van der Waals surface area contributed by atoms with Crippen LogP contribution in [0.15, 0.2) is 29.4 Å². The average Bonchev–Trinajstić information content (AvgIpc) is 2.97. The van der Waals surface area contributed by atoms with E-state index in [0.717, 1.165) is 13.0 Å². The fourth-order valence-corrected chi connectivity index (χ4v) is 4.11. The predicted molar refractivity (Wildman–Crippen MR) is 78.2 cm³/mol. The molecule has 2 aromatic rings. The second-order valence-corrected chi connectivity index (χ2v) is 6.93. The molecule has 1 aliphatic heterocycles. The predicted octanol–water partition coefficient (Wildman–Crippen LogP) is 1.27. The quantitative estimate of drug-likeness (QED) is 0.918. The van der Waals surface area contributed by atoms with Crippen LogP contribution in [-0.4, -0.2) is 23.2 Å². The van der Waals surface area contributed by atoms with Crippen LogP contribution in [0, 0.1) is 18.3 Å². The van der Waals surface area contributed by atoms with Gasteiger partial charge in [0.25, 0.3) is 0 Å². The summed E-state index contributed by atoms with van der Waals surface area (Å²) >= 11 is 0. The smallest absolute Gasteiger partial charge is 0.241 e. The molecule has 0 saturated carbocycles. The van der Waals surface area contributed by atoms with E-state index in [1.165, 1.54) is 12.4 Å². The Hall–Kier alpha value is -2.24. The van der Waals surface area contributed by atoms with E-state index in [9.17, 15) is 8.42 Å². The minimum absolute atomic E-state index is 0.128. The van der Waals surface area contributed by atoms with Gasteiger partial charge in [-0.15, -0.1) is 0 Å². The highest BCUT2D eigenvalue weighted by atomic mass is 32.2. The number of fused-ring (bicyclic) bond motifs is 1. The van der Waals surface area contributed by atoms with Gasteiger partial charge in [-0.05, 0) is 37.5 Å². The van der Waals surface area contributed by atoms with Crippen molar-refractivity contribution < 1.29 is 8.42 Å². The SMILES string of the molecule is Cc1ccc(C#N)cc1S(=O)(=O)N[C@@H]1CCCn2ncnc21. The van der Waals surface area contributed by atoms with Crippen molar-refractivity contribution in [3.8, 4) is 6.07 Å². The molecule has 0 amide bonds. The van der Waals surface area contributed by atoms with Gasteiger partial charge in [0.05, 0.1) is 22.6 Å². The molecule has 0 spiro atoms. The fraction of sp³-hybridized carbons (Fsp3) is 0.357. The highest BCUT2D eigenvalue weighted by Gasteiger charge is 2.28. The molecule has 1 atom stereocenters. The van der Waals surface area contributed by atoms with Crippen molar-refractivity contribution >= 4 is 10.0 Å². The number of benzene rings is 1. The first-order valence-electron chi connectivity index (χ1n) is 6.92. The molecule has 1 aromatic carbocycles. The van der Waals surface area contributed by atoms with E-state index in [2.05, 4.69) is 14.8 Å². The summed E-state index contributed by atoms with van der Waals surface area (Å²) in [7, 11) is -3.73. The molecule has 0 saturated heterocycles. The Morgan fingerprint density at radius 3 is 3.05 bits per heavy atom. The molecule has 1 aliphatic rings. The molecular weight excluding hydrogens is 302 g/mol. The van der Waals surface area contributed by atoms with Gasteiger partial charge in [-0.25, -0.2) is 22.8 Å². The molecule has 0 bridgehead atoms. The van der Waals surface area contributed by atoms with Gasteiger partial charge in [0.1, 0.15) is 12.2 Å². The van der Waals surface area contributed by atoms with Crippen molar-refractivity contribution in [3.63, 3.8) is 0 Å². The van der Waals surface area contributed by atoms with E-state index in [4.69, 9.17) is 5.26 Å². The minimum Gasteiger partial charge on any atom is -0.248 e. The van der Waals surface area contributed by atoms with E-state index in [1.807, 2.05) is 6.07 Å². The van der Waals surface area contributed by atoms with Crippen molar-refractivity contribution in [3.05, 3.63) is 41.5 Å². The summed E-state index contributed by atoms with van der Waals surface area (Å²) in [6, 6.07) is 6.20. The van der Waals surface area contributed by atoms with Crippen LogP contribution in [0.1, 0.15) is 35.8 Å². The largest absolute Gasteiger partial charge is 0.248 e. The van der Waals surface area contributed by atoms with Gasteiger partial charge >= 0.3 is 0 Å². The van der Waals surface area contributed by atoms with Crippen LogP contribution >= 0.6 is 0 Å². The molecule has 114 valence electrons. The van der Waals surface area contributed by atoms with Crippen LogP contribution in [0.5, 0.6) is 0 Å². The highest BCUT2D eigenvalue weighted by Crippen LogP contribution is 2.25. The van der Waals surface area contributed by atoms with Gasteiger partial charge in [0.2, 0.25) is 10.0 Å². The summed E-state index contributed by atoms with van der Waals surface area (Å²) in [5.41, 5.74) is 0.918. The molecule has 7 nitrogen and oxygen atoms in total. The molecule has 0 aliphatic carbocycles. The lowest BCUT2D eigenvalue weighted by atomic mass is 10.1. The zero-order chi connectivity index (χ0) is 15.7. The zero-order valence-corrected chi connectivity index (χ0v) is 12.8. The monoisotopic (exact) mass is 317 g/mol. The average molecular weight is 317 g/mol. The Kier molecular flexibility index (Phi) is 3.68. The lowest BCUT2D eigenvalue weighted by molar-refractivity contribution is 0.400. The second-order valence-electron chi connectivity index (χ2n) is 5.25. The third-order valence-corrected chi connectivity index (χ3v) is 5.34. The van der Waals surface area contributed by atoms with Crippen LogP contribution in [0.3, 0.4) is 0 Å². The molecule has 22 heavy (non-hydrogen) atoms. The van der Waals surface area contributed by atoms with E-state index in [-0.39, 0.29) is 4.90 Å². The van der Waals surface area contributed by atoms with Crippen LogP contribution in [-0.2, 0) is 16.6 Å². The van der Waals surface area contributed by atoms with Crippen LogP contribution < -0.4 is 4.72 Å². The summed E-state index contributed by atoms with van der Waals surface area (Å²) in [4.78, 5) is 4.27. The number of nitriles is 1. The highest BCUT2D eigenvalue weighted by molar-refractivity contribution is 7.89. The van der Waals surface area contributed by atoms with Crippen molar-refractivity contribution in [1.29, 1.82) is 5.26 Å². The molecule has 8 heteroatoms. The summed E-state index contributed by atoms with van der Waals surface area (Å²) in [5, 5.41) is 13.0. The van der Waals surface area contributed by atoms with Crippen molar-refractivity contribution in [2.75, 3.05) is 0 Å². The molecule has 0 unspecified atom stereocenters. The van der Waals surface area contributed by atoms with E-state index >= 15 is 0 Å². The zero-order valence-electron chi connectivity index (χ0n) is 12.0. The normalized spacial score (nSPS) is 17.7. The Bertz CT molecular complexity index is 850. The first-order valence-corrected chi connectivity index (χ1v) is 8.40. The Labute approximate surface area is 128 Å². The maximum atomic E-state index is 12.6. The molecule has 1 aromatic heterocycles. The topological polar surface area (TPSA) is 101 Å². The number of aromatic nitrogens is 3. The second kappa shape index (κ2) is 5.51. The van der Waals surface area contributed by atoms with Crippen molar-refractivity contribution in [2.24, 2.45) is 0 Å². The van der Waals surface area contributed by atoms with E-state index in [0.29, 0.717) is 23.4 Å². The van der Waals surface area contributed by atoms with Gasteiger partial charge < -0.3 is 0 Å². The van der Waals surface area contributed by atoms with E-state index < -0.39 is 16.1 Å². The number of hydrogen-bond acceptors (Lipinski definition) is 5. The van der Waals surface area contributed by atoms with Gasteiger partial charge in [-0.3, -0.25) is 0 Å². The van der Waals surface area contributed by atoms with Gasteiger partial charge in [-0.1, -0.05) is 6.07 Å². The van der Waals surface area contributed by atoms with E-state index in [1.54, 1.807) is 23.7 Å². The van der Waals surface area contributed by atoms with Crippen LogP contribution in [0.25, 0.3) is 0 Å². The minimum atomic E-state index is -3.73. The Balaban J connectivity index is 1.95. The molecular formula is C14H15N5O2S. The third kappa shape index (κ3) is 2.61. The van der Waals surface area contributed by atoms with Crippen molar-refractivity contribution in [2.45, 2.75) is 37.2 Å². The summed E-state index contributed by atoms with van der Waals surface area (Å²) in [6.07, 6.45) is 2.94. The number of sulfonamides is 1. The number of hydrogen-bond donors (Lipinski definition) is 1. The number of aryl methyl sites for hydroxylation is 2. The van der Waals surface area contributed by atoms with Gasteiger partial charge in [0, 0.05) is 6.54 Å². The number of rotatable bonds is 3. The fourth-order valence-electron chi connectivity index (χ4n) is 2.61. The number of nitrogens with zero attached hydrogens (tertiary/aromatic N) is 4. The first kappa shape index (κ1) is 14.7. The molecule has 2 heterocycles. The molecule has 1 N–H and O–H groups in total. The maximum absolute atomic E-state index is 12.6. The first-order chi connectivity index (χ1) is 10.5. The Morgan fingerprint density at radius 1 is 1.45 bits per heavy atom. The van der Waals surface area contributed by atoms with Crippen LogP contribution in [0.2, 0.25) is 0 Å². The van der Waals surface area contributed by atoms with Gasteiger partial charge in [0.15, 0.2) is 0 Å². The Morgan fingerprint density at radius 2 is 2.27 bits per heavy atom.